The number of Topliss-reactive ketones (excluding diaryl/α,β-unsaturated/α-hetero) is 1. The fourth-order valence-corrected chi connectivity index (χ4v) is 2.36. The van der Waals surface area contributed by atoms with Crippen LogP contribution in [0.2, 0.25) is 5.02 Å². The van der Waals surface area contributed by atoms with Crippen molar-refractivity contribution in [1.29, 1.82) is 0 Å². The van der Waals surface area contributed by atoms with Crippen LogP contribution in [-0.2, 0) is 6.42 Å². The molecule has 0 aliphatic heterocycles. The first-order valence-electron chi connectivity index (χ1n) is 6.32. The predicted molar refractivity (Wildman–Crippen MR) is 79.0 cm³/mol. The Labute approximate surface area is 125 Å². The van der Waals surface area contributed by atoms with Crippen molar-refractivity contribution in [1.82, 2.24) is 9.97 Å². The summed E-state index contributed by atoms with van der Waals surface area (Å²) in [6.45, 7) is 0. The molecular formula is C16H10ClFN2O. The summed E-state index contributed by atoms with van der Waals surface area (Å²) in [6, 6.07) is 9.66. The molecule has 1 heterocycles. The van der Waals surface area contributed by atoms with Crippen molar-refractivity contribution in [3.63, 3.8) is 0 Å². The van der Waals surface area contributed by atoms with Gasteiger partial charge in [0.25, 0.3) is 0 Å². The van der Waals surface area contributed by atoms with Crippen molar-refractivity contribution in [2.75, 3.05) is 0 Å². The average Bonchev–Trinajstić information content (AvgIpc) is 2.51. The third kappa shape index (κ3) is 2.62. The van der Waals surface area contributed by atoms with E-state index in [1.165, 1.54) is 18.3 Å². The van der Waals surface area contributed by atoms with Gasteiger partial charge in [-0.3, -0.25) is 14.8 Å². The summed E-state index contributed by atoms with van der Waals surface area (Å²) < 4.78 is 13.4. The normalized spacial score (nSPS) is 10.8. The summed E-state index contributed by atoms with van der Waals surface area (Å²) in [5.74, 6) is -0.701. The van der Waals surface area contributed by atoms with Crippen molar-refractivity contribution in [3.8, 4) is 0 Å². The van der Waals surface area contributed by atoms with Crippen LogP contribution in [0.15, 0.2) is 48.8 Å². The minimum absolute atomic E-state index is 0.0165. The first kappa shape index (κ1) is 13.6. The molecule has 1 aromatic heterocycles. The van der Waals surface area contributed by atoms with Gasteiger partial charge in [-0.2, -0.15) is 0 Å². The zero-order valence-electron chi connectivity index (χ0n) is 10.9. The van der Waals surface area contributed by atoms with Gasteiger partial charge in [0.15, 0.2) is 5.78 Å². The molecule has 3 rings (SSSR count). The summed E-state index contributed by atoms with van der Waals surface area (Å²) in [7, 11) is 0. The molecule has 0 spiro atoms. The number of hydrogen-bond donors (Lipinski definition) is 0. The van der Waals surface area contributed by atoms with Crippen LogP contribution < -0.4 is 0 Å². The number of carbonyl (C=O) groups excluding carboxylic acids is 1. The molecule has 0 saturated heterocycles. The number of nitrogens with zero attached hydrogens (tertiary/aromatic N) is 2. The molecule has 5 heteroatoms. The number of benzene rings is 2. The fraction of sp³-hybridized carbons (Fsp3) is 0.0625. The molecule has 0 N–H and O–H groups in total. The smallest absolute Gasteiger partial charge is 0.169 e. The summed E-state index contributed by atoms with van der Waals surface area (Å²) in [6.07, 6.45) is 3.13. The van der Waals surface area contributed by atoms with E-state index in [0.29, 0.717) is 22.2 Å². The lowest BCUT2D eigenvalue weighted by atomic mass is 10.0. The van der Waals surface area contributed by atoms with Crippen molar-refractivity contribution >= 4 is 28.4 Å². The molecule has 3 aromatic rings. The number of fused-ring (bicyclic) bond motifs is 1. The van der Waals surface area contributed by atoms with Crippen LogP contribution in [0.25, 0.3) is 11.0 Å². The van der Waals surface area contributed by atoms with Crippen molar-refractivity contribution in [2.24, 2.45) is 0 Å². The van der Waals surface area contributed by atoms with Crippen molar-refractivity contribution in [2.45, 2.75) is 6.42 Å². The highest BCUT2D eigenvalue weighted by molar-refractivity contribution is 6.31. The van der Waals surface area contributed by atoms with E-state index in [1.807, 2.05) is 0 Å². The lowest BCUT2D eigenvalue weighted by molar-refractivity contribution is 0.0994. The molecule has 0 radical (unpaired) electrons. The Morgan fingerprint density at radius 1 is 1.10 bits per heavy atom. The van der Waals surface area contributed by atoms with Gasteiger partial charge in [0.2, 0.25) is 0 Å². The summed E-state index contributed by atoms with van der Waals surface area (Å²) in [4.78, 5) is 20.8. The molecule has 21 heavy (non-hydrogen) atoms. The minimum Gasteiger partial charge on any atom is -0.294 e. The number of ketones is 1. The van der Waals surface area contributed by atoms with Gasteiger partial charge < -0.3 is 0 Å². The molecule has 0 saturated carbocycles. The average molecular weight is 301 g/mol. The maximum Gasteiger partial charge on any atom is 0.169 e. The molecule has 0 atom stereocenters. The second-order valence-corrected chi connectivity index (χ2v) is 4.92. The van der Waals surface area contributed by atoms with E-state index in [-0.39, 0.29) is 17.2 Å². The first-order chi connectivity index (χ1) is 10.2. The minimum atomic E-state index is -0.528. The van der Waals surface area contributed by atoms with Gasteiger partial charge in [-0.1, -0.05) is 29.8 Å². The molecule has 104 valence electrons. The van der Waals surface area contributed by atoms with Crippen LogP contribution in [0, 0.1) is 5.82 Å². The Hall–Kier alpha value is -2.33. The highest BCUT2D eigenvalue weighted by atomic mass is 35.5. The van der Waals surface area contributed by atoms with E-state index >= 15 is 0 Å². The number of para-hydroxylation sites is 1. The standard InChI is InChI=1S/C16H10ClFN2O/c17-15-10(3-1-5-12(15)18)9-14(21)11-4-2-6-13-16(11)20-8-7-19-13/h1-8H,9H2. The van der Waals surface area contributed by atoms with E-state index < -0.39 is 5.82 Å². The molecule has 3 nitrogen and oxygen atoms in total. The second-order valence-electron chi connectivity index (χ2n) is 4.54. The van der Waals surface area contributed by atoms with E-state index in [1.54, 1.807) is 30.5 Å². The van der Waals surface area contributed by atoms with Crippen LogP contribution in [0.1, 0.15) is 15.9 Å². The van der Waals surface area contributed by atoms with Gasteiger partial charge in [-0.15, -0.1) is 0 Å². The number of carbonyl (C=O) groups is 1. The number of hydrogen-bond acceptors (Lipinski definition) is 3. The van der Waals surface area contributed by atoms with E-state index in [2.05, 4.69) is 9.97 Å². The number of aromatic nitrogens is 2. The molecule has 0 amide bonds. The molecule has 0 aliphatic carbocycles. The topological polar surface area (TPSA) is 42.9 Å². The Bertz CT molecular complexity index is 830. The molecule has 2 aromatic carbocycles. The molecule has 0 unspecified atom stereocenters. The van der Waals surface area contributed by atoms with Crippen LogP contribution >= 0.6 is 11.6 Å². The van der Waals surface area contributed by atoms with Crippen LogP contribution in [-0.4, -0.2) is 15.8 Å². The Morgan fingerprint density at radius 2 is 1.86 bits per heavy atom. The SMILES string of the molecule is O=C(Cc1cccc(F)c1Cl)c1cccc2nccnc12. The van der Waals surface area contributed by atoms with Crippen molar-refractivity contribution < 1.29 is 9.18 Å². The Balaban J connectivity index is 2.00. The number of halogens is 2. The maximum atomic E-state index is 13.4. The zero-order valence-corrected chi connectivity index (χ0v) is 11.6. The van der Waals surface area contributed by atoms with E-state index in [0.717, 1.165) is 0 Å². The number of rotatable bonds is 3. The highest BCUT2D eigenvalue weighted by Gasteiger charge is 2.15. The van der Waals surface area contributed by atoms with Gasteiger partial charge in [0, 0.05) is 24.4 Å². The van der Waals surface area contributed by atoms with Crippen molar-refractivity contribution in [3.05, 3.63) is 70.8 Å². The van der Waals surface area contributed by atoms with Gasteiger partial charge in [-0.05, 0) is 23.8 Å². The predicted octanol–water partition coefficient (Wildman–Crippen LogP) is 3.85. The summed E-state index contributed by atoms with van der Waals surface area (Å²) in [5, 5.41) is -0.0165. The Kier molecular flexibility index (Phi) is 3.62. The molecule has 0 fully saturated rings. The van der Waals surface area contributed by atoms with Gasteiger partial charge in [0.1, 0.15) is 5.82 Å². The van der Waals surface area contributed by atoms with Gasteiger partial charge >= 0.3 is 0 Å². The molecular weight excluding hydrogens is 291 g/mol. The van der Waals surface area contributed by atoms with Crippen LogP contribution in [0.4, 0.5) is 4.39 Å². The van der Waals surface area contributed by atoms with E-state index in [9.17, 15) is 9.18 Å². The summed E-state index contributed by atoms with van der Waals surface area (Å²) in [5.41, 5.74) is 2.11. The first-order valence-corrected chi connectivity index (χ1v) is 6.70. The Morgan fingerprint density at radius 3 is 2.71 bits per heavy atom. The molecule has 0 aliphatic rings. The lowest BCUT2D eigenvalue weighted by Gasteiger charge is -2.06. The van der Waals surface area contributed by atoms with Crippen LogP contribution in [0.5, 0.6) is 0 Å². The van der Waals surface area contributed by atoms with Gasteiger partial charge in [0.05, 0.1) is 16.1 Å². The van der Waals surface area contributed by atoms with Gasteiger partial charge in [-0.25, -0.2) is 4.39 Å². The fourth-order valence-electron chi connectivity index (χ4n) is 2.17. The zero-order chi connectivity index (χ0) is 14.8. The largest absolute Gasteiger partial charge is 0.294 e. The maximum absolute atomic E-state index is 13.4. The third-order valence-electron chi connectivity index (χ3n) is 3.18. The van der Waals surface area contributed by atoms with E-state index in [4.69, 9.17) is 11.6 Å². The lowest BCUT2D eigenvalue weighted by Crippen LogP contribution is -2.06. The third-order valence-corrected chi connectivity index (χ3v) is 3.60. The monoisotopic (exact) mass is 300 g/mol. The quantitative estimate of drug-likeness (QED) is 0.690. The highest BCUT2D eigenvalue weighted by Crippen LogP contribution is 2.22. The summed E-state index contributed by atoms with van der Waals surface area (Å²) >= 11 is 5.89. The second kappa shape index (κ2) is 5.58. The molecule has 0 bridgehead atoms. The van der Waals surface area contributed by atoms with Crippen LogP contribution in [0.3, 0.4) is 0 Å².